The second-order valence-corrected chi connectivity index (χ2v) is 5.15. The van der Waals surface area contributed by atoms with Crippen molar-refractivity contribution in [1.29, 1.82) is 0 Å². The topological polar surface area (TPSA) is 32.3 Å². The van der Waals surface area contributed by atoms with Crippen LogP contribution in [0.25, 0.3) is 0 Å². The molecule has 2 aromatic carbocycles. The molecule has 0 heterocycles. The minimum Gasteiger partial charge on any atom is -0.392 e. The van der Waals surface area contributed by atoms with Gasteiger partial charge in [-0.3, -0.25) is 0 Å². The number of nitrogens with one attached hydrogen (secondary N) is 1. The summed E-state index contributed by atoms with van der Waals surface area (Å²) in [6.45, 7) is 2.08. The summed E-state index contributed by atoms with van der Waals surface area (Å²) >= 11 is 12.2. The third-order valence-electron chi connectivity index (χ3n) is 2.97. The van der Waals surface area contributed by atoms with Crippen LogP contribution < -0.4 is 5.32 Å². The first kappa shape index (κ1) is 14.2. The molecule has 0 aromatic heterocycles. The average Bonchev–Trinajstić information content (AvgIpc) is 2.42. The number of hydrogen-bond donors (Lipinski definition) is 2. The number of hydrogen-bond acceptors (Lipinski definition) is 2. The van der Waals surface area contributed by atoms with Crippen molar-refractivity contribution in [1.82, 2.24) is 0 Å². The molecule has 1 atom stereocenters. The monoisotopic (exact) mass is 295 g/mol. The lowest BCUT2D eigenvalue weighted by molar-refractivity contribution is 0.282. The van der Waals surface area contributed by atoms with Crippen molar-refractivity contribution in [3.63, 3.8) is 0 Å². The number of aliphatic hydroxyl groups is 1. The molecule has 100 valence electrons. The van der Waals surface area contributed by atoms with E-state index in [1.807, 2.05) is 43.3 Å². The molecule has 2 aromatic rings. The lowest BCUT2D eigenvalue weighted by atomic mass is 10.1. The van der Waals surface area contributed by atoms with E-state index in [1.165, 1.54) is 0 Å². The quantitative estimate of drug-likeness (QED) is 0.860. The summed E-state index contributed by atoms with van der Waals surface area (Å²) < 4.78 is 0. The van der Waals surface area contributed by atoms with Gasteiger partial charge in [-0.1, -0.05) is 47.5 Å². The maximum absolute atomic E-state index is 9.00. The summed E-state index contributed by atoms with van der Waals surface area (Å²) in [6.07, 6.45) is 0. The normalized spacial score (nSPS) is 12.2. The van der Waals surface area contributed by atoms with E-state index in [9.17, 15) is 0 Å². The molecule has 4 heteroatoms. The zero-order valence-electron chi connectivity index (χ0n) is 10.5. The van der Waals surface area contributed by atoms with Crippen molar-refractivity contribution in [2.45, 2.75) is 19.6 Å². The lowest BCUT2D eigenvalue weighted by Crippen LogP contribution is -2.07. The Bertz CT molecular complexity index is 555. The fraction of sp³-hybridized carbons (Fsp3) is 0.200. The van der Waals surface area contributed by atoms with Crippen LogP contribution in [0.1, 0.15) is 24.1 Å². The second-order valence-electron chi connectivity index (χ2n) is 4.36. The average molecular weight is 296 g/mol. The van der Waals surface area contributed by atoms with Gasteiger partial charge in [0, 0.05) is 5.69 Å². The minimum atomic E-state index is 0.0474. The zero-order valence-corrected chi connectivity index (χ0v) is 12.0. The first-order valence-electron chi connectivity index (χ1n) is 6.02. The summed E-state index contributed by atoms with van der Waals surface area (Å²) in [6, 6.07) is 13.3. The highest BCUT2D eigenvalue weighted by Crippen LogP contribution is 2.31. The molecule has 0 bridgehead atoms. The van der Waals surface area contributed by atoms with Crippen LogP contribution >= 0.6 is 23.2 Å². The van der Waals surface area contributed by atoms with Crippen molar-refractivity contribution in [2.24, 2.45) is 0 Å². The van der Waals surface area contributed by atoms with E-state index in [-0.39, 0.29) is 12.6 Å². The fourth-order valence-corrected chi connectivity index (χ4v) is 2.36. The third-order valence-corrected chi connectivity index (χ3v) is 3.80. The molecule has 0 spiro atoms. The molecule has 2 nitrogen and oxygen atoms in total. The van der Waals surface area contributed by atoms with Gasteiger partial charge in [0.25, 0.3) is 0 Å². The number of benzene rings is 2. The lowest BCUT2D eigenvalue weighted by Gasteiger charge is -2.17. The number of halogens is 2. The smallest absolute Gasteiger partial charge is 0.0681 e. The standard InChI is InChI=1S/C15H15Cl2NO/c1-10(13-3-2-4-14(16)15(13)17)18-12-7-5-11(9-19)6-8-12/h2-8,10,18-19H,9H2,1H3. The van der Waals surface area contributed by atoms with Crippen LogP contribution in [0.15, 0.2) is 42.5 Å². The third kappa shape index (κ3) is 3.41. The summed E-state index contributed by atoms with van der Waals surface area (Å²) in [7, 11) is 0. The Labute approximate surface area is 123 Å². The van der Waals surface area contributed by atoms with E-state index in [2.05, 4.69) is 5.32 Å². The molecule has 0 amide bonds. The van der Waals surface area contributed by atoms with Crippen molar-refractivity contribution in [2.75, 3.05) is 5.32 Å². The highest BCUT2D eigenvalue weighted by Gasteiger charge is 2.11. The largest absolute Gasteiger partial charge is 0.392 e. The van der Waals surface area contributed by atoms with Crippen LogP contribution in [0.2, 0.25) is 10.0 Å². The van der Waals surface area contributed by atoms with E-state index in [0.717, 1.165) is 16.8 Å². The van der Waals surface area contributed by atoms with Crippen molar-refractivity contribution in [3.8, 4) is 0 Å². The van der Waals surface area contributed by atoms with Crippen LogP contribution in [0.3, 0.4) is 0 Å². The van der Waals surface area contributed by atoms with E-state index in [1.54, 1.807) is 6.07 Å². The Morgan fingerprint density at radius 2 is 1.79 bits per heavy atom. The van der Waals surface area contributed by atoms with Gasteiger partial charge in [0.05, 0.1) is 22.7 Å². The van der Waals surface area contributed by atoms with E-state index in [4.69, 9.17) is 28.3 Å². The van der Waals surface area contributed by atoms with E-state index in [0.29, 0.717) is 10.0 Å². The van der Waals surface area contributed by atoms with Gasteiger partial charge in [-0.05, 0) is 36.2 Å². The number of aliphatic hydroxyl groups excluding tert-OH is 1. The first-order valence-corrected chi connectivity index (χ1v) is 6.77. The van der Waals surface area contributed by atoms with Gasteiger partial charge in [0.1, 0.15) is 0 Å². The van der Waals surface area contributed by atoms with Gasteiger partial charge < -0.3 is 10.4 Å². The summed E-state index contributed by atoms with van der Waals surface area (Å²) in [5.74, 6) is 0. The Kier molecular flexibility index (Phi) is 4.70. The minimum absolute atomic E-state index is 0.0474. The molecule has 0 radical (unpaired) electrons. The van der Waals surface area contributed by atoms with E-state index < -0.39 is 0 Å². The van der Waals surface area contributed by atoms with Gasteiger partial charge in [-0.15, -0.1) is 0 Å². The van der Waals surface area contributed by atoms with Crippen molar-refractivity contribution >= 4 is 28.9 Å². The SMILES string of the molecule is CC(Nc1ccc(CO)cc1)c1cccc(Cl)c1Cl. The second kappa shape index (κ2) is 6.29. The summed E-state index contributed by atoms with van der Waals surface area (Å²) in [4.78, 5) is 0. The molecule has 19 heavy (non-hydrogen) atoms. The number of rotatable bonds is 4. The van der Waals surface area contributed by atoms with Gasteiger partial charge in [-0.2, -0.15) is 0 Å². The zero-order chi connectivity index (χ0) is 13.8. The molecule has 0 aliphatic heterocycles. The molecule has 0 aliphatic rings. The van der Waals surface area contributed by atoms with E-state index >= 15 is 0 Å². The Morgan fingerprint density at radius 3 is 2.42 bits per heavy atom. The van der Waals surface area contributed by atoms with Crippen molar-refractivity contribution < 1.29 is 5.11 Å². The van der Waals surface area contributed by atoms with Gasteiger partial charge in [0.2, 0.25) is 0 Å². The number of anilines is 1. The van der Waals surface area contributed by atoms with Gasteiger partial charge >= 0.3 is 0 Å². The molecular weight excluding hydrogens is 281 g/mol. The van der Waals surface area contributed by atoms with Crippen LogP contribution in [0.5, 0.6) is 0 Å². The van der Waals surface area contributed by atoms with Crippen molar-refractivity contribution in [3.05, 3.63) is 63.6 Å². The summed E-state index contributed by atoms with van der Waals surface area (Å²) in [5, 5.41) is 13.5. The Morgan fingerprint density at radius 1 is 1.11 bits per heavy atom. The highest BCUT2D eigenvalue weighted by molar-refractivity contribution is 6.42. The molecule has 0 aliphatic carbocycles. The predicted octanol–water partition coefficient (Wildman–Crippen LogP) is 4.66. The first-order chi connectivity index (χ1) is 9.11. The van der Waals surface area contributed by atoms with Crippen LogP contribution in [-0.2, 0) is 6.61 Å². The Balaban J connectivity index is 2.15. The summed E-state index contributed by atoms with van der Waals surface area (Å²) in [5.41, 5.74) is 2.82. The van der Waals surface area contributed by atoms with Gasteiger partial charge in [-0.25, -0.2) is 0 Å². The molecule has 0 saturated carbocycles. The van der Waals surface area contributed by atoms with Crippen LogP contribution in [0.4, 0.5) is 5.69 Å². The maximum atomic E-state index is 9.00. The maximum Gasteiger partial charge on any atom is 0.0681 e. The van der Waals surface area contributed by atoms with Crippen LogP contribution in [0, 0.1) is 0 Å². The molecular formula is C15H15Cl2NO. The highest BCUT2D eigenvalue weighted by atomic mass is 35.5. The fourth-order valence-electron chi connectivity index (χ4n) is 1.89. The van der Waals surface area contributed by atoms with Crippen LogP contribution in [-0.4, -0.2) is 5.11 Å². The molecule has 2 N–H and O–H groups in total. The molecule has 1 unspecified atom stereocenters. The van der Waals surface area contributed by atoms with Gasteiger partial charge in [0.15, 0.2) is 0 Å². The predicted molar refractivity (Wildman–Crippen MR) is 80.9 cm³/mol. The Hall–Kier alpha value is -1.22. The molecule has 2 rings (SSSR count). The molecule has 0 fully saturated rings. The molecule has 0 saturated heterocycles.